The van der Waals surface area contributed by atoms with Crippen LogP contribution in [0.3, 0.4) is 0 Å². The summed E-state index contributed by atoms with van der Waals surface area (Å²) in [4.78, 5) is 18.9. The van der Waals surface area contributed by atoms with E-state index in [4.69, 9.17) is 0 Å². The van der Waals surface area contributed by atoms with Crippen LogP contribution in [-0.2, 0) is 11.2 Å². The maximum atomic E-state index is 12.3. The lowest BCUT2D eigenvalue weighted by atomic mass is 9.99. The minimum absolute atomic E-state index is 0.177. The molecule has 1 aliphatic heterocycles. The van der Waals surface area contributed by atoms with Crippen molar-refractivity contribution in [1.82, 2.24) is 9.88 Å². The SMILES string of the molecule is O=C(CCc1nc(-c2ccccc2)cs1)N1CCCC(CO)C1. The molecular formula is C18H22N2O2S. The topological polar surface area (TPSA) is 53.4 Å². The van der Waals surface area contributed by atoms with Gasteiger partial charge < -0.3 is 10.0 Å². The van der Waals surface area contributed by atoms with Crippen molar-refractivity contribution in [3.05, 3.63) is 40.7 Å². The number of benzene rings is 1. The van der Waals surface area contributed by atoms with Crippen molar-refractivity contribution in [2.45, 2.75) is 25.7 Å². The fourth-order valence-corrected chi connectivity index (χ4v) is 3.79. The smallest absolute Gasteiger partial charge is 0.222 e. The summed E-state index contributed by atoms with van der Waals surface area (Å²) in [6.45, 7) is 1.70. The van der Waals surface area contributed by atoms with Gasteiger partial charge >= 0.3 is 0 Å². The number of piperidine rings is 1. The zero-order valence-corrected chi connectivity index (χ0v) is 14.0. The second-order valence-corrected chi connectivity index (χ2v) is 6.97. The van der Waals surface area contributed by atoms with Crippen LogP contribution in [0.2, 0.25) is 0 Å². The zero-order chi connectivity index (χ0) is 16.1. The van der Waals surface area contributed by atoms with Gasteiger partial charge in [-0.05, 0) is 18.8 Å². The monoisotopic (exact) mass is 330 g/mol. The molecule has 2 aromatic rings. The van der Waals surface area contributed by atoms with Crippen molar-refractivity contribution in [1.29, 1.82) is 0 Å². The predicted molar refractivity (Wildman–Crippen MR) is 92.3 cm³/mol. The number of aliphatic hydroxyl groups excluding tert-OH is 1. The lowest BCUT2D eigenvalue weighted by molar-refractivity contribution is -0.133. The predicted octanol–water partition coefficient (Wildman–Crippen LogP) is 2.97. The molecule has 1 amide bonds. The molecular weight excluding hydrogens is 308 g/mol. The van der Waals surface area contributed by atoms with Gasteiger partial charge in [0.05, 0.1) is 10.7 Å². The van der Waals surface area contributed by atoms with E-state index in [0.29, 0.717) is 19.4 Å². The summed E-state index contributed by atoms with van der Waals surface area (Å²) >= 11 is 1.62. The van der Waals surface area contributed by atoms with E-state index in [1.807, 2.05) is 35.2 Å². The van der Waals surface area contributed by atoms with Crippen LogP contribution in [0.4, 0.5) is 0 Å². The van der Waals surface area contributed by atoms with E-state index in [9.17, 15) is 9.90 Å². The number of aromatic nitrogens is 1. The van der Waals surface area contributed by atoms with Crippen LogP contribution < -0.4 is 0 Å². The number of aliphatic hydroxyl groups is 1. The Morgan fingerprint density at radius 2 is 2.17 bits per heavy atom. The molecule has 1 aromatic carbocycles. The normalized spacial score (nSPS) is 18.1. The number of likely N-dealkylation sites (tertiary alicyclic amines) is 1. The van der Waals surface area contributed by atoms with Crippen LogP contribution in [0.25, 0.3) is 11.3 Å². The second-order valence-electron chi connectivity index (χ2n) is 6.02. The molecule has 0 radical (unpaired) electrons. The molecule has 1 unspecified atom stereocenters. The van der Waals surface area contributed by atoms with E-state index in [0.717, 1.165) is 35.7 Å². The first-order valence-corrected chi connectivity index (χ1v) is 9.02. The third-order valence-electron chi connectivity index (χ3n) is 4.30. The molecule has 1 aliphatic rings. The van der Waals surface area contributed by atoms with Crippen molar-refractivity contribution in [3.8, 4) is 11.3 Å². The van der Waals surface area contributed by atoms with E-state index in [2.05, 4.69) is 10.4 Å². The highest BCUT2D eigenvalue weighted by Gasteiger charge is 2.23. The summed E-state index contributed by atoms with van der Waals surface area (Å²) in [5.41, 5.74) is 2.10. The molecule has 23 heavy (non-hydrogen) atoms. The van der Waals surface area contributed by atoms with Crippen LogP contribution in [0, 0.1) is 5.92 Å². The Morgan fingerprint density at radius 1 is 1.35 bits per heavy atom. The number of thiazole rings is 1. The first kappa shape index (κ1) is 16.1. The molecule has 0 spiro atoms. The van der Waals surface area contributed by atoms with E-state index < -0.39 is 0 Å². The summed E-state index contributed by atoms with van der Waals surface area (Å²) in [6.07, 6.45) is 3.20. The van der Waals surface area contributed by atoms with Crippen molar-refractivity contribution < 1.29 is 9.90 Å². The molecule has 1 atom stereocenters. The first-order valence-electron chi connectivity index (χ1n) is 8.14. The molecule has 4 nitrogen and oxygen atoms in total. The quantitative estimate of drug-likeness (QED) is 0.917. The number of amides is 1. The molecule has 0 aliphatic carbocycles. The number of carbonyl (C=O) groups excluding carboxylic acids is 1. The van der Waals surface area contributed by atoms with Gasteiger partial charge in [-0.15, -0.1) is 11.3 Å². The molecule has 1 saturated heterocycles. The van der Waals surface area contributed by atoms with Gasteiger partial charge in [-0.3, -0.25) is 4.79 Å². The number of carbonyl (C=O) groups is 1. The minimum atomic E-state index is 0.177. The van der Waals surface area contributed by atoms with Gasteiger partial charge in [0.15, 0.2) is 0 Å². The van der Waals surface area contributed by atoms with E-state index in [-0.39, 0.29) is 18.4 Å². The van der Waals surface area contributed by atoms with E-state index in [1.54, 1.807) is 11.3 Å². The lowest BCUT2D eigenvalue weighted by Gasteiger charge is -2.31. The van der Waals surface area contributed by atoms with Crippen molar-refractivity contribution >= 4 is 17.2 Å². The molecule has 2 heterocycles. The average molecular weight is 330 g/mol. The largest absolute Gasteiger partial charge is 0.396 e. The Morgan fingerprint density at radius 3 is 2.96 bits per heavy atom. The highest BCUT2D eigenvalue weighted by Crippen LogP contribution is 2.23. The van der Waals surface area contributed by atoms with Crippen molar-refractivity contribution in [3.63, 3.8) is 0 Å². The van der Waals surface area contributed by atoms with Gasteiger partial charge in [0, 0.05) is 43.5 Å². The number of hydrogen-bond acceptors (Lipinski definition) is 4. The van der Waals surface area contributed by atoms with Crippen LogP contribution in [0.5, 0.6) is 0 Å². The second kappa shape index (κ2) is 7.70. The van der Waals surface area contributed by atoms with Crippen LogP contribution >= 0.6 is 11.3 Å². The fourth-order valence-electron chi connectivity index (χ4n) is 2.98. The highest BCUT2D eigenvalue weighted by atomic mass is 32.1. The Bertz CT molecular complexity index is 641. The summed E-state index contributed by atoms with van der Waals surface area (Å²) in [5, 5.41) is 12.3. The summed E-state index contributed by atoms with van der Waals surface area (Å²) < 4.78 is 0. The molecule has 1 fully saturated rings. The molecule has 122 valence electrons. The third-order valence-corrected chi connectivity index (χ3v) is 5.21. The number of nitrogens with zero attached hydrogens (tertiary/aromatic N) is 2. The standard InChI is InChI=1S/C18H22N2O2S/c21-12-14-5-4-10-20(11-14)18(22)9-8-17-19-16(13-23-17)15-6-2-1-3-7-15/h1-3,6-7,13-14,21H,4-5,8-12H2. The van der Waals surface area contributed by atoms with Gasteiger partial charge in [-0.1, -0.05) is 30.3 Å². The van der Waals surface area contributed by atoms with Gasteiger partial charge in [-0.25, -0.2) is 4.98 Å². The highest BCUT2D eigenvalue weighted by molar-refractivity contribution is 7.09. The van der Waals surface area contributed by atoms with Crippen molar-refractivity contribution in [2.24, 2.45) is 5.92 Å². The Hall–Kier alpha value is -1.72. The maximum Gasteiger partial charge on any atom is 0.222 e. The average Bonchev–Trinajstić information content (AvgIpc) is 3.09. The van der Waals surface area contributed by atoms with Crippen LogP contribution in [-0.4, -0.2) is 40.6 Å². The van der Waals surface area contributed by atoms with Crippen LogP contribution in [0.1, 0.15) is 24.3 Å². The number of aryl methyl sites for hydroxylation is 1. The van der Waals surface area contributed by atoms with Crippen molar-refractivity contribution in [2.75, 3.05) is 19.7 Å². The van der Waals surface area contributed by atoms with E-state index >= 15 is 0 Å². The van der Waals surface area contributed by atoms with Gasteiger partial charge in [0.25, 0.3) is 0 Å². The molecule has 0 bridgehead atoms. The molecule has 5 heteroatoms. The molecule has 0 saturated carbocycles. The molecule has 3 rings (SSSR count). The Kier molecular flexibility index (Phi) is 5.41. The minimum Gasteiger partial charge on any atom is -0.396 e. The Balaban J connectivity index is 1.54. The Labute approximate surface area is 140 Å². The summed E-state index contributed by atoms with van der Waals surface area (Å²) in [6, 6.07) is 10.1. The summed E-state index contributed by atoms with van der Waals surface area (Å²) in [7, 11) is 0. The van der Waals surface area contributed by atoms with Gasteiger partial charge in [0.1, 0.15) is 0 Å². The summed E-state index contributed by atoms with van der Waals surface area (Å²) in [5.74, 6) is 0.428. The van der Waals surface area contributed by atoms with Gasteiger partial charge in [0.2, 0.25) is 5.91 Å². The van der Waals surface area contributed by atoms with Gasteiger partial charge in [-0.2, -0.15) is 0 Å². The number of hydrogen-bond donors (Lipinski definition) is 1. The molecule has 1 N–H and O–H groups in total. The van der Waals surface area contributed by atoms with E-state index in [1.165, 1.54) is 0 Å². The third kappa shape index (κ3) is 4.18. The maximum absolute atomic E-state index is 12.3. The first-order chi connectivity index (χ1) is 11.3. The fraction of sp³-hybridized carbons (Fsp3) is 0.444. The number of rotatable bonds is 5. The lowest BCUT2D eigenvalue weighted by Crippen LogP contribution is -2.41. The van der Waals surface area contributed by atoms with Crippen LogP contribution in [0.15, 0.2) is 35.7 Å². The zero-order valence-electron chi connectivity index (χ0n) is 13.1. The molecule has 1 aromatic heterocycles.